The van der Waals surface area contributed by atoms with E-state index in [9.17, 15) is 9.59 Å². The van der Waals surface area contributed by atoms with E-state index in [-0.39, 0.29) is 17.3 Å². The Kier molecular flexibility index (Phi) is 4.28. The zero-order chi connectivity index (χ0) is 14.8. The van der Waals surface area contributed by atoms with E-state index in [1.165, 1.54) is 4.57 Å². The number of hydrogen-bond donors (Lipinski definition) is 1. The molecule has 21 heavy (non-hydrogen) atoms. The zero-order valence-corrected chi connectivity index (χ0v) is 13.0. The number of hydrogen-bond acceptors (Lipinski definition) is 4. The fourth-order valence-electron chi connectivity index (χ4n) is 2.52. The molecule has 1 aliphatic heterocycles. The SMILES string of the molecule is O=C(Cn1c(=O)sc2ccc(Cl)cc21)N1CCCNCC1. The van der Waals surface area contributed by atoms with Crippen molar-refractivity contribution in [1.82, 2.24) is 14.8 Å². The van der Waals surface area contributed by atoms with Crippen molar-refractivity contribution in [1.29, 1.82) is 0 Å². The normalized spacial score (nSPS) is 16.1. The van der Waals surface area contributed by atoms with Gasteiger partial charge in [-0.3, -0.25) is 14.2 Å². The van der Waals surface area contributed by atoms with Gasteiger partial charge in [-0.05, 0) is 31.2 Å². The molecule has 0 aliphatic carbocycles. The van der Waals surface area contributed by atoms with Crippen molar-refractivity contribution in [3.8, 4) is 0 Å². The summed E-state index contributed by atoms with van der Waals surface area (Å²) in [5, 5.41) is 3.83. The maximum absolute atomic E-state index is 12.4. The van der Waals surface area contributed by atoms with Crippen molar-refractivity contribution in [2.45, 2.75) is 13.0 Å². The Hall–Kier alpha value is -1.37. The van der Waals surface area contributed by atoms with E-state index < -0.39 is 0 Å². The number of nitrogens with zero attached hydrogens (tertiary/aromatic N) is 2. The Labute approximate surface area is 131 Å². The fraction of sp³-hybridized carbons (Fsp3) is 0.429. The monoisotopic (exact) mass is 325 g/mol. The molecule has 112 valence electrons. The first-order valence-electron chi connectivity index (χ1n) is 6.92. The molecule has 0 radical (unpaired) electrons. The third kappa shape index (κ3) is 3.12. The number of halogens is 1. The first kappa shape index (κ1) is 14.6. The highest BCUT2D eigenvalue weighted by Crippen LogP contribution is 2.21. The lowest BCUT2D eigenvalue weighted by molar-refractivity contribution is -0.131. The zero-order valence-electron chi connectivity index (χ0n) is 11.5. The summed E-state index contributed by atoms with van der Waals surface area (Å²) < 4.78 is 2.38. The van der Waals surface area contributed by atoms with Gasteiger partial charge in [-0.2, -0.15) is 0 Å². The van der Waals surface area contributed by atoms with Crippen LogP contribution in [0.15, 0.2) is 23.0 Å². The van der Waals surface area contributed by atoms with Crippen LogP contribution in [-0.2, 0) is 11.3 Å². The summed E-state index contributed by atoms with van der Waals surface area (Å²) in [6.07, 6.45) is 0.941. The summed E-state index contributed by atoms with van der Waals surface area (Å²) in [4.78, 5) is 26.2. The molecule has 0 bridgehead atoms. The molecule has 0 atom stereocenters. The molecule has 0 spiro atoms. The van der Waals surface area contributed by atoms with Crippen molar-refractivity contribution < 1.29 is 4.79 Å². The molecule has 1 aromatic heterocycles. The van der Waals surface area contributed by atoms with E-state index in [1.807, 2.05) is 11.0 Å². The van der Waals surface area contributed by atoms with Crippen LogP contribution in [0, 0.1) is 0 Å². The van der Waals surface area contributed by atoms with E-state index in [0.717, 1.165) is 47.6 Å². The maximum atomic E-state index is 12.4. The van der Waals surface area contributed by atoms with E-state index >= 15 is 0 Å². The number of amides is 1. The van der Waals surface area contributed by atoms with Crippen molar-refractivity contribution in [3.05, 3.63) is 32.9 Å². The lowest BCUT2D eigenvalue weighted by atomic mass is 10.3. The minimum atomic E-state index is -0.117. The Morgan fingerprint density at radius 1 is 1.33 bits per heavy atom. The fourth-order valence-corrected chi connectivity index (χ4v) is 3.55. The van der Waals surface area contributed by atoms with E-state index in [0.29, 0.717) is 11.6 Å². The first-order valence-corrected chi connectivity index (χ1v) is 8.12. The maximum Gasteiger partial charge on any atom is 0.308 e. The predicted octanol–water partition coefficient (Wildman–Crippen LogP) is 1.54. The number of rotatable bonds is 2. The molecule has 0 saturated carbocycles. The predicted molar refractivity (Wildman–Crippen MR) is 85.2 cm³/mol. The third-order valence-corrected chi connectivity index (χ3v) is 4.81. The average Bonchev–Trinajstić information content (AvgIpc) is 2.68. The summed E-state index contributed by atoms with van der Waals surface area (Å²) in [6, 6.07) is 5.32. The Morgan fingerprint density at radius 2 is 2.19 bits per heavy atom. The van der Waals surface area contributed by atoms with Crippen LogP contribution in [0.3, 0.4) is 0 Å². The highest BCUT2D eigenvalue weighted by Gasteiger charge is 2.18. The summed E-state index contributed by atoms with van der Waals surface area (Å²) in [5.74, 6) is -0.0134. The van der Waals surface area contributed by atoms with Crippen LogP contribution >= 0.6 is 22.9 Å². The van der Waals surface area contributed by atoms with Crippen LogP contribution in [0.5, 0.6) is 0 Å². The van der Waals surface area contributed by atoms with E-state index in [2.05, 4.69) is 5.32 Å². The van der Waals surface area contributed by atoms with Gasteiger partial charge in [0.05, 0.1) is 10.2 Å². The molecule has 1 fully saturated rings. The minimum Gasteiger partial charge on any atom is -0.340 e. The van der Waals surface area contributed by atoms with Gasteiger partial charge in [-0.25, -0.2) is 0 Å². The number of carbonyl (C=O) groups excluding carboxylic acids is 1. The van der Waals surface area contributed by atoms with Gasteiger partial charge in [0.15, 0.2) is 0 Å². The van der Waals surface area contributed by atoms with Gasteiger partial charge in [0.25, 0.3) is 0 Å². The first-order chi connectivity index (χ1) is 10.1. The number of aromatic nitrogens is 1. The largest absolute Gasteiger partial charge is 0.340 e. The summed E-state index contributed by atoms with van der Waals surface area (Å²) in [6.45, 7) is 3.25. The number of thiazole rings is 1. The van der Waals surface area contributed by atoms with Crippen molar-refractivity contribution in [2.24, 2.45) is 0 Å². The van der Waals surface area contributed by atoms with Gasteiger partial charge in [-0.15, -0.1) is 0 Å². The second kappa shape index (κ2) is 6.17. The molecule has 1 saturated heterocycles. The summed E-state index contributed by atoms with van der Waals surface area (Å²) in [7, 11) is 0. The van der Waals surface area contributed by atoms with Gasteiger partial charge >= 0.3 is 4.87 Å². The van der Waals surface area contributed by atoms with Crippen molar-refractivity contribution in [2.75, 3.05) is 26.2 Å². The molecule has 7 heteroatoms. The molecular formula is C14H16ClN3O2S. The van der Waals surface area contributed by atoms with E-state index in [1.54, 1.807) is 12.1 Å². The second-order valence-electron chi connectivity index (χ2n) is 5.05. The van der Waals surface area contributed by atoms with Crippen LogP contribution in [0.2, 0.25) is 5.02 Å². The van der Waals surface area contributed by atoms with Gasteiger partial charge in [0, 0.05) is 24.7 Å². The molecule has 1 amide bonds. The van der Waals surface area contributed by atoms with Crippen molar-refractivity contribution in [3.63, 3.8) is 0 Å². The lowest BCUT2D eigenvalue weighted by Crippen LogP contribution is -2.37. The Morgan fingerprint density at radius 3 is 3.05 bits per heavy atom. The number of fused-ring (bicyclic) bond motifs is 1. The molecule has 0 unspecified atom stereocenters. The van der Waals surface area contributed by atoms with Crippen molar-refractivity contribution >= 4 is 39.1 Å². The van der Waals surface area contributed by atoms with E-state index in [4.69, 9.17) is 11.6 Å². The number of nitrogens with one attached hydrogen (secondary N) is 1. The van der Waals surface area contributed by atoms with Gasteiger partial charge in [0.2, 0.25) is 5.91 Å². The van der Waals surface area contributed by atoms with Crippen LogP contribution in [0.25, 0.3) is 10.2 Å². The summed E-state index contributed by atoms with van der Waals surface area (Å²) in [5.41, 5.74) is 0.735. The standard InChI is InChI=1S/C14H16ClN3O2S/c15-10-2-3-12-11(8-10)18(14(20)21-12)9-13(19)17-6-1-4-16-5-7-17/h2-3,8,16H,1,4-7,9H2. The summed E-state index contributed by atoms with van der Waals surface area (Å²) >= 11 is 7.14. The molecule has 1 aliphatic rings. The molecular weight excluding hydrogens is 310 g/mol. The lowest BCUT2D eigenvalue weighted by Gasteiger charge is -2.20. The van der Waals surface area contributed by atoms with Gasteiger partial charge < -0.3 is 10.2 Å². The number of benzene rings is 1. The van der Waals surface area contributed by atoms with Crippen LogP contribution in [0.1, 0.15) is 6.42 Å². The molecule has 1 aromatic carbocycles. The van der Waals surface area contributed by atoms with Crippen LogP contribution in [0.4, 0.5) is 0 Å². The highest BCUT2D eigenvalue weighted by molar-refractivity contribution is 7.16. The van der Waals surface area contributed by atoms with Crippen LogP contribution in [-0.4, -0.2) is 41.6 Å². The van der Waals surface area contributed by atoms with Gasteiger partial charge in [-0.1, -0.05) is 22.9 Å². The van der Waals surface area contributed by atoms with Crippen LogP contribution < -0.4 is 10.2 Å². The highest BCUT2D eigenvalue weighted by atomic mass is 35.5. The Balaban J connectivity index is 1.87. The van der Waals surface area contributed by atoms with Gasteiger partial charge in [0.1, 0.15) is 6.54 Å². The molecule has 3 rings (SSSR count). The smallest absolute Gasteiger partial charge is 0.308 e. The molecule has 2 heterocycles. The Bertz CT molecular complexity index is 717. The average molecular weight is 326 g/mol. The molecule has 2 aromatic rings. The minimum absolute atomic E-state index is 0.0134. The quantitative estimate of drug-likeness (QED) is 0.911. The third-order valence-electron chi connectivity index (χ3n) is 3.62. The topological polar surface area (TPSA) is 54.3 Å². The molecule has 5 nitrogen and oxygen atoms in total. The molecule has 1 N–H and O–H groups in total. The number of carbonyl (C=O) groups is 1. The second-order valence-corrected chi connectivity index (χ2v) is 6.48.